The van der Waals surface area contributed by atoms with Crippen molar-refractivity contribution in [2.24, 2.45) is 11.8 Å². The Bertz CT molecular complexity index is 110. The van der Waals surface area contributed by atoms with Crippen LogP contribution in [-0.2, 0) is 9.59 Å². The van der Waals surface area contributed by atoms with E-state index in [4.69, 9.17) is 0 Å². The van der Waals surface area contributed by atoms with Crippen LogP contribution in [0.5, 0.6) is 0 Å². The van der Waals surface area contributed by atoms with Crippen molar-refractivity contribution in [3.8, 4) is 0 Å². The third-order valence-electron chi connectivity index (χ3n) is 1.88. The largest absolute Gasteiger partial charge is 0.303 e. The molecule has 0 aromatic rings. The minimum Gasteiger partial charge on any atom is -0.303 e. The van der Waals surface area contributed by atoms with Crippen LogP contribution in [0.25, 0.3) is 0 Å². The lowest BCUT2D eigenvalue weighted by Crippen LogP contribution is -2.12. The molecule has 2 nitrogen and oxygen atoms in total. The quantitative estimate of drug-likeness (QED) is 0.544. The van der Waals surface area contributed by atoms with Crippen LogP contribution >= 0.6 is 0 Å². The van der Waals surface area contributed by atoms with E-state index in [0.717, 1.165) is 19.0 Å². The van der Waals surface area contributed by atoms with Gasteiger partial charge in [-0.05, 0) is 5.92 Å². The fourth-order valence-electron chi connectivity index (χ4n) is 0.988. The van der Waals surface area contributed by atoms with Gasteiger partial charge in [0.2, 0.25) is 0 Å². The maximum absolute atomic E-state index is 10.3. The fraction of sp³-hybridized carbons (Fsp3) is 0.750. The van der Waals surface area contributed by atoms with Crippen LogP contribution in [0.2, 0.25) is 0 Å². The molecule has 0 rings (SSSR count). The Morgan fingerprint density at radius 3 is 2.30 bits per heavy atom. The van der Waals surface area contributed by atoms with Gasteiger partial charge in [0.25, 0.3) is 0 Å². The summed E-state index contributed by atoms with van der Waals surface area (Å²) in [6.07, 6.45) is 3.21. The van der Waals surface area contributed by atoms with Crippen molar-refractivity contribution in [2.45, 2.75) is 26.7 Å². The van der Waals surface area contributed by atoms with E-state index < -0.39 is 0 Å². The second kappa shape index (κ2) is 5.15. The minimum atomic E-state index is 0.0233. The lowest BCUT2D eigenvalue weighted by atomic mass is 9.90. The number of aldehydes is 2. The molecule has 0 aromatic heterocycles. The SMILES string of the molecule is CCC(CC=O)C(C)C=O. The highest BCUT2D eigenvalue weighted by Crippen LogP contribution is 2.15. The lowest BCUT2D eigenvalue weighted by molar-refractivity contribution is -0.113. The molecule has 2 atom stereocenters. The molecular formula is C8H14O2. The summed E-state index contributed by atoms with van der Waals surface area (Å²) in [6.45, 7) is 3.85. The van der Waals surface area contributed by atoms with Crippen LogP contribution < -0.4 is 0 Å². The van der Waals surface area contributed by atoms with Crippen molar-refractivity contribution in [1.82, 2.24) is 0 Å². The first-order chi connectivity index (χ1) is 4.76. The zero-order valence-corrected chi connectivity index (χ0v) is 6.54. The van der Waals surface area contributed by atoms with Gasteiger partial charge in [-0.1, -0.05) is 20.3 Å². The Morgan fingerprint density at radius 2 is 2.00 bits per heavy atom. The maximum Gasteiger partial charge on any atom is 0.123 e. The Morgan fingerprint density at radius 1 is 1.40 bits per heavy atom. The van der Waals surface area contributed by atoms with E-state index in [9.17, 15) is 9.59 Å². The van der Waals surface area contributed by atoms with Crippen LogP contribution in [0.3, 0.4) is 0 Å². The van der Waals surface area contributed by atoms with Crippen LogP contribution in [0.15, 0.2) is 0 Å². The molecule has 0 N–H and O–H groups in total. The topological polar surface area (TPSA) is 34.1 Å². The highest BCUT2D eigenvalue weighted by Gasteiger charge is 2.12. The molecule has 0 fully saturated rings. The van der Waals surface area contributed by atoms with Crippen LogP contribution in [0.4, 0.5) is 0 Å². The van der Waals surface area contributed by atoms with E-state index in [1.165, 1.54) is 0 Å². The first-order valence-corrected chi connectivity index (χ1v) is 3.65. The third kappa shape index (κ3) is 2.76. The van der Waals surface area contributed by atoms with Gasteiger partial charge < -0.3 is 9.59 Å². The summed E-state index contributed by atoms with van der Waals surface area (Å²) < 4.78 is 0. The smallest absolute Gasteiger partial charge is 0.123 e. The Kier molecular flexibility index (Phi) is 4.81. The summed E-state index contributed by atoms with van der Waals surface area (Å²) in [5.74, 6) is 0.269. The highest BCUT2D eigenvalue weighted by atomic mass is 16.1. The molecule has 0 saturated carbocycles. The van der Waals surface area contributed by atoms with E-state index in [2.05, 4.69) is 0 Å². The molecule has 2 unspecified atom stereocenters. The van der Waals surface area contributed by atoms with Crippen molar-refractivity contribution in [1.29, 1.82) is 0 Å². The standard InChI is InChI=1S/C8H14O2/c1-3-8(4-5-9)7(2)6-10/h5-8H,3-4H2,1-2H3. The molecule has 0 radical (unpaired) electrons. The van der Waals surface area contributed by atoms with Crippen molar-refractivity contribution in [3.05, 3.63) is 0 Å². The zero-order chi connectivity index (χ0) is 7.98. The Balaban J connectivity index is 3.78. The second-order valence-corrected chi connectivity index (χ2v) is 2.57. The molecule has 0 aliphatic carbocycles. The first kappa shape index (κ1) is 9.34. The predicted octanol–water partition coefficient (Wildman–Crippen LogP) is 1.44. The predicted molar refractivity (Wildman–Crippen MR) is 39.7 cm³/mol. The van der Waals surface area contributed by atoms with Crippen LogP contribution in [-0.4, -0.2) is 12.6 Å². The molecule has 2 heteroatoms. The van der Waals surface area contributed by atoms with Gasteiger partial charge in [0.1, 0.15) is 12.6 Å². The van der Waals surface area contributed by atoms with Crippen molar-refractivity contribution < 1.29 is 9.59 Å². The molecule has 0 spiro atoms. The van der Waals surface area contributed by atoms with Gasteiger partial charge in [-0.2, -0.15) is 0 Å². The van der Waals surface area contributed by atoms with E-state index in [-0.39, 0.29) is 11.8 Å². The molecule has 0 bridgehead atoms. The third-order valence-corrected chi connectivity index (χ3v) is 1.88. The summed E-state index contributed by atoms with van der Waals surface area (Å²) in [7, 11) is 0. The van der Waals surface area contributed by atoms with E-state index >= 15 is 0 Å². The van der Waals surface area contributed by atoms with Crippen molar-refractivity contribution >= 4 is 12.6 Å². The lowest BCUT2D eigenvalue weighted by Gasteiger charge is -2.13. The molecule has 10 heavy (non-hydrogen) atoms. The first-order valence-electron chi connectivity index (χ1n) is 3.65. The van der Waals surface area contributed by atoms with Gasteiger partial charge >= 0.3 is 0 Å². The molecule has 0 saturated heterocycles. The average Bonchev–Trinajstić information content (AvgIpc) is 1.99. The van der Waals surface area contributed by atoms with E-state index in [1.807, 2.05) is 13.8 Å². The molecule has 0 aliphatic heterocycles. The molecule has 0 aliphatic rings. The number of carbonyl (C=O) groups excluding carboxylic acids is 2. The van der Waals surface area contributed by atoms with E-state index in [0.29, 0.717) is 6.42 Å². The number of rotatable bonds is 5. The average molecular weight is 142 g/mol. The summed E-state index contributed by atoms with van der Waals surface area (Å²) in [4.78, 5) is 20.3. The Labute approximate surface area is 61.6 Å². The maximum atomic E-state index is 10.3. The molecule has 58 valence electrons. The van der Waals surface area contributed by atoms with Crippen LogP contribution in [0.1, 0.15) is 26.7 Å². The van der Waals surface area contributed by atoms with Gasteiger partial charge in [-0.15, -0.1) is 0 Å². The Hall–Kier alpha value is -0.660. The summed E-state index contributed by atoms with van der Waals surface area (Å²) in [5.41, 5.74) is 0. The van der Waals surface area contributed by atoms with Gasteiger partial charge in [0.05, 0.1) is 0 Å². The molecule has 0 aromatic carbocycles. The van der Waals surface area contributed by atoms with Crippen molar-refractivity contribution in [3.63, 3.8) is 0 Å². The van der Waals surface area contributed by atoms with Crippen LogP contribution in [0, 0.1) is 11.8 Å². The summed E-state index contributed by atoms with van der Waals surface area (Å²) >= 11 is 0. The minimum absolute atomic E-state index is 0.0233. The van der Waals surface area contributed by atoms with E-state index in [1.54, 1.807) is 0 Å². The second-order valence-electron chi connectivity index (χ2n) is 2.57. The monoisotopic (exact) mass is 142 g/mol. The van der Waals surface area contributed by atoms with Gasteiger partial charge in [-0.3, -0.25) is 0 Å². The molecule has 0 heterocycles. The van der Waals surface area contributed by atoms with Gasteiger partial charge in [-0.25, -0.2) is 0 Å². The number of carbonyl (C=O) groups is 2. The van der Waals surface area contributed by atoms with Gasteiger partial charge in [0, 0.05) is 12.3 Å². The summed E-state index contributed by atoms with van der Waals surface area (Å²) in [6, 6.07) is 0. The zero-order valence-electron chi connectivity index (χ0n) is 6.54. The highest BCUT2D eigenvalue weighted by molar-refractivity contribution is 5.56. The van der Waals surface area contributed by atoms with Gasteiger partial charge in [0.15, 0.2) is 0 Å². The summed E-state index contributed by atoms with van der Waals surface area (Å²) in [5, 5.41) is 0. The number of hydrogen-bond donors (Lipinski definition) is 0. The molecule has 0 amide bonds. The van der Waals surface area contributed by atoms with Crippen molar-refractivity contribution in [2.75, 3.05) is 0 Å². The molecular weight excluding hydrogens is 128 g/mol. The fourth-order valence-corrected chi connectivity index (χ4v) is 0.988. The number of hydrogen-bond acceptors (Lipinski definition) is 2. The normalized spacial score (nSPS) is 15.8.